The third kappa shape index (κ3) is 2.43. The highest BCUT2D eigenvalue weighted by Gasteiger charge is 2.24. The number of aromatic nitrogens is 2. The third-order valence-electron chi connectivity index (χ3n) is 2.74. The van der Waals surface area contributed by atoms with Crippen LogP contribution >= 0.6 is 0 Å². The molecule has 0 aromatic carbocycles. The lowest BCUT2D eigenvalue weighted by molar-refractivity contribution is 0.0502. The first-order valence-electron chi connectivity index (χ1n) is 5.88. The molecule has 0 aliphatic carbocycles. The predicted molar refractivity (Wildman–Crippen MR) is 61.6 cm³/mol. The average molecular weight is 272 g/mol. The number of ether oxygens (including phenoxy) is 2. The number of nitrogens with zero attached hydrogens (tertiary/aromatic N) is 2. The first kappa shape index (κ1) is 13.5. The third-order valence-corrected chi connectivity index (χ3v) is 2.74. The van der Waals surface area contributed by atoms with E-state index in [2.05, 4.69) is 4.74 Å². The highest BCUT2D eigenvalue weighted by Crippen LogP contribution is 2.20. The molecule has 1 saturated heterocycles. The van der Waals surface area contributed by atoms with Gasteiger partial charge in [0.2, 0.25) is 5.82 Å². The Labute approximate surface area is 107 Å². The maximum absolute atomic E-state index is 13.5. The fourth-order valence-corrected chi connectivity index (χ4v) is 1.88. The van der Waals surface area contributed by atoms with Crippen LogP contribution in [0.4, 0.5) is 9.18 Å². The van der Waals surface area contributed by atoms with Crippen molar-refractivity contribution in [3.63, 3.8) is 0 Å². The van der Waals surface area contributed by atoms with E-state index < -0.39 is 29.4 Å². The molecule has 0 radical (unpaired) electrons. The lowest BCUT2D eigenvalue weighted by Gasteiger charge is -2.14. The molecule has 1 aliphatic rings. The second kappa shape index (κ2) is 5.35. The van der Waals surface area contributed by atoms with Gasteiger partial charge < -0.3 is 9.47 Å². The van der Waals surface area contributed by atoms with Crippen LogP contribution < -0.4 is 11.2 Å². The number of rotatable bonds is 2. The molecule has 1 aliphatic heterocycles. The zero-order chi connectivity index (χ0) is 14.0. The summed E-state index contributed by atoms with van der Waals surface area (Å²) in [5.41, 5.74) is -2.28. The number of hydrogen-bond donors (Lipinski definition) is 0. The van der Waals surface area contributed by atoms with E-state index >= 15 is 0 Å². The number of carbonyl (C=O) groups is 1. The molecule has 1 atom stereocenters. The predicted octanol–water partition coefficient (Wildman–Crippen LogP) is 0.463. The van der Waals surface area contributed by atoms with Crippen LogP contribution in [0.15, 0.2) is 15.8 Å². The molecule has 0 amide bonds. The number of hydrogen-bond acceptors (Lipinski definition) is 5. The van der Waals surface area contributed by atoms with Gasteiger partial charge in [-0.15, -0.1) is 0 Å². The second-order valence-electron chi connectivity index (χ2n) is 3.97. The first-order valence-corrected chi connectivity index (χ1v) is 5.88. The lowest BCUT2D eigenvalue weighted by Crippen LogP contribution is -2.46. The lowest BCUT2D eigenvalue weighted by atomic mass is 10.3. The van der Waals surface area contributed by atoms with Gasteiger partial charge in [0, 0.05) is 6.61 Å². The van der Waals surface area contributed by atoms with Crippen molar-refractivity contribution in [3.05, 3.63) is 32.9 Å². The fourth-order valence-electron chi connectivity index (χ4n) is 1.88. The number of halogens is 1. The minimum Gasteiger partial charge on any atom is -0.449 e. The molecule has 0 spiro atoms. The standard InChI is InChI=1S/C11H13FN2O5/c1-2-18-11(17)14-9(15)7(12)6-13(10(14)16)8-4-3-5-19-8/h6,8H,2-5H2,1H3. The molecule has 1 aromatic rings. The maximum atomic E-state index is 13.5. The summed E-state index contributed by atoms with van der Waals surface area (Å²) in [5.74, 6) is -1.21. The van der Waals surface area contributed by atoms with Gasteiger partial charge >= 0.3 is 17.3 Å². The second-order valence-corrected chi connectivity index (χ2v) is 3.97. The van der Waals surface area contributed by atoms with Gasteiger partial charge in [-0.05, 0) is 19.8 Å². The molecule has 19 heavy (non-hydrogen) atoms. The van der Waals surface area contributed by atoms with Crippen LogP contribution in [0, 0.1) is 5.82 Å². The van der Waals surface area contributed by atoms with Crippen LogP contribution in [0.2, 0.25) is 0 Å². The van der Waals surface area contributed by atoms with E-state index in [1.54, 1.807) is 0 Å². The van der Waals surface area contributed by atoms with E-state index in [0.29, 0.717) is 13.0 Å². The molecule has 1 aromatic heterocycles. The molecule has 8 heteroatoms. The van der Waals surface area contributed by atoms with E-state index in [1.165, 1.54) is 6.92 Å². The summed E-state index contributed by atoms with van der Waals surface area (Å²) in [6.07, 6.45) is 0.139. The van der Waals surface area contributed by atoms with E-state index in [4.69, 9.17) is 4.74 Å². The first-order chi connectivity index (χ1) is 9.06. The Balaban J connectivity index is 2.56. The molecular formula is C11H13FN2O5. The monoisotopic (exact) mass is 272 g/mol. The molecular weight excluding hydrogens is 259 g/mol. The summed E-state index contributed by atoms with van der Waals surface area (Å²) in [6, 6.07) is 0. The van der Waals surface area contributed by atoms with E-state index in [9.17, 15) is 18.8 Å². The minimum atomic E-state index is -1.32. The van der Waals surface area contributed by atoms with Crippen molar-refractivity contribution in [3.8, 4) is 0 Å². The van der Waals surface area contributed by atoms with Crippen LogP contribution in [0.5, 0.6) is 0 Å². The van der Waals surface area contributed by atoms with E-state index in [0.717, 1.165) is 17.2 Å². The van der Waals surface area contributed by atoms with E-state index in [1.807, 2.05) is 0 Å². The minimum absolute atomic E-state index is 0.0266. The van der Waals surface area contributed by atoms with Gasteiger partial charge in [-0.1, -0.05) is 0 Å². The van der Waals surface area contributed by atoms with Crippen LogP contribution in [-0.2, 0) is 9.47 Å². The van der Waals surface area contributed by atoms with Crippen LogP contribution in [0.3, 0.4) is 0 Å². The quantitative estimate of drug-likeness (QED) is 0.781. The number of carbonyl (C=O) groups excluding carboxylic acids is 1. The molecule has 1 unspecified atom stereocenters. The molecule has 104 valence electrons. The SMILES string of the molecule is CCOC(=O)n1c(=O)c(F)cn(C2CCCO2)c1=O. The zero-order valence-corrected chi connectivity index (χ0v) is 10.3. The Hall–Kier alpha value is -1.96. The summed E-state index contributed by atoms with van der Waals surface area (Å²) in [7, 11) is 0. The molecule has 0 bridgehead atoms. The molecule has 2 rings (SSSR count). The maximum Gasteiger partial charge on any atom is 0.425 e. The van der Waals surface area contributed by atoms with Crippen molar-refractivity contribution >= 4 is 6.09 Å². The van der Waals surface area contributed by atoms with Crippen molar-refractivity contribution in [1.29, 1.82) is 0 Å². The Morgan fingerprint density at radius 1 is 1.58 bits per heavy atom. The molecule has 0 N–H and O–H groups in total. The van der Waals surface area contributed by atoms with Gasteiger partial charge in [-0.25, -0.2) is 9.59 Å². The molecule has 2 heterocycles. The van der Waals surface area contributed by atoms with Crippen molar-refractivity contribution in [1.82, 2.24) is 9.13 Å². The topological polar surface area (TPSA) is 79.5 Å². The van der Waals surface area contributed by atoms with Crippen molar-refractivity contribution < 1.29 is 18.7 Å². The Morgan fingerprint density at radius 2 is 2.32 bits per heavy atom. The smallest absolute Gasteiger partial charge is 0.425 e. The van der Waals surface area contributed by atoms with Gasteiger partial charge in [0.25, 0.3) is 0 Å². The Kier molecular flexibility index (Phi) is 3.79. The van der Waals surface area contributed by atoms with Gasteiger partial charge in [-0.3, -0.25) is 9.36 Å². The molecule has 1 fully saturated rings. The largest absolute Gasteiger partial charge is 0.449 e. The van der Waals surface area contributed by atoms with Gasteiger partial charge in [-0.2, -0.15) is 8.96 Å². The Morgan fingerprint density at radius 3 is 2.89 bits per heavy atom. The van der Waals surface area contributed by atoms with Gasteiger partial charge in [0.1, 0.15) is 6.23 Å². The van der Waals surface area contributed by atoms with Crippen molar-refractivity contribution in [2.75, 3.05) is 13.2 Å². The molecule has 0 saturated carbocycles. The summed E-state index contributed by atoms with van der Waals surface area (Å²) < 4.78 is 24.4. The summed E-state index contributed by atoms with van der Waals surface area (Å²) in [6.45, 7) is 1.93. The van der Waals surface area contributed by atoms with Gasteiger partial charge in [0.15, 0.2) is 0 Å². The van der Waals surface area contributed by atoms with Crippen LogP contribution in [0.25, 0.3) is 0 Å². The van der Waals surface area contributed by atoms with Crippen molar-refractivity contribution in [2.45, 2.75) is 26.0 Å². The highest BCUT2D eigenvalue weighted by atomic mass is 19.1. The summed E-state index contributed by atoms with van der Waals surface area (Å²) >= 11 is 0. The van der Waals surface area contributed by atoms with E-state index in [-0.39, 0.29) is 11.2 Å². The summed E-state index contributed by atoms with van der Waals surface area (Å²) in [4.78, 5) is 35.1. The van der Waals surface area contributed by atoms with Crippen LogP contribution in [0.1, 0.15) is 26.0 Å². The van der Waals surface area contributed by atoms with Crippen molar-refractivity contribution in [2.24, 2.45) is 0 Å². The highest BCUT2D eigenvalue weighted by molar-refractivity contribution is 5.69. The average Bonchev–Trinajstić information content (AvgIpc) is 2.88. The Bertz CT molecular complexity index is 600. The van der Waals surface area contributed by atoms with Gasteiger partial charge in [0.05, 0.1) is 12.8 Å². The zero-order valence-electron chi connectivity index (χ0n) is 10.3. The van der Waals surface area contributed by atoms with Crippen LogP contribution in [-0.4, -0.2) is 28.4 Å². The summed E-state index contributed by atoms with van der Waals surface area (Å²) in [5, 5.41) is 0. The fraction of sp³-hybridized carbons (Fsp3) is 0.545. The normalized spacial score (nSPS) is 18.5. The molecule has 7 nitrogen and oxygen atoms in total.